The molecule has 144 valence electrons. The highest BCUT2D eigenvalue weighted by molar-refractivity contribution is 5.94. The Labute approximate surface area is 168 Å². The average Bonchev–Trinajstić information content (AvgIpc) is 3.18. The van der Waals surface area contributed by atoms with E-state index in [1.54, 1.807) is 28.9 Å². The van der Waals surface area contributed by atoms with Crippen LogP contribution in [0.3, 0.4) is 0 Å². The van der Waals surface area contributed by atoms with E-state index in [9.17, 15) is 9.18 Å². The Morgan fingerprint density at radius 2 is 1.72 bits per heavy atom. The van der Waals surface area contributed by atoms with Crippen LogP contribution in [0.1, 0.15) is 21.6 Å². The SMILES string of the molecule is Cc1cccc(-n2nc(-c3ccccc3F)cc2C(=O)NCc2ccccc2)c1. The van der Waals surface area contributed by atoms with E-state index >= 15 is 0 Å². The van der Waals surface area contributed by atoms with Gasteiger partial charge >= 0.3 is 0 Å². The number of amides is 1. The first-order valence-corrected chi connectivity index (χ1v) is 9.36. The first-order valence-electron chi connectivity index (χ1n) is 9.36. The second-order valence-electron chi connectivity index (χ2n) is 6.81. The summed E-state index contributed by atoms with van der Waals surface area (Å²) in [6.45, 7) is 2.37. The number of aryl methyl sites for hydroxylation is 1. The molecule has 4 aromatic rings. The molecule has 0 aliphatic carbocycles. The van der Waals surface area contributed by atoms with Gasteiger partial charge in [0.2, 0.25) is 0 Å². The van der Waals surface area contributed by atoms with E-state index in [4.69, 9.17) is 0 Å². The summed E-state index contributed by atoms with van der Waals surface area (Å²) in [7, 11) is 0. The molecule has 1 heterocycles. The monoisotopic (exact) mass is 385 g/mol. The fourth-order valence-electron chi connectivity index (χ4n) is 3.17. The number of aromatic nitrogens is 2. The smallest absolute Gasteiger partial charge is 0.270 e. The van der Waals surface area contributed by atoms with Crippen LogP contribution in [0.15, 0.2) is 84.9 Å². The maximum Gasteiger partial charge on any atom is 0.270 e. The molecule has 5 heteroatoms. The predicted octanol–water partition coefficient (Wildman–Crippen LogP) is 4.92. The van der Waals surface area contributed by atoms with Gasteiger partial charge in [0.1, 0.15) is 11.5 Å². The van der Waals surface area contributed by atoms with Gasteiger partial charge in [-0.05, 0) is 48.4 Å². The summed E-state index contributed by atoms with van der Waals surface area (Å²) in [6, 6.07) is 25.4. The minimum atomic E-state index is -0.377. The van der Waals surface area contributed by atoms with Crippen molar-refractivity contribution >= 4 is 5.91 Å². The van der Waals surface area contributed by atoms with Gasteiger partial charge < -0.3 is 5.32 Å². The van der Waals surface area contributed by atoms with Crippen LogP contribution in [-0.2, 0) is 6.54 Å². The summed E-state index contributed by atoms with van der Waals surface area (Å²) in [6.07, 6.45) is 0. The summed E-state index contributed by atoms with van der Waals surface area (Å²) in [5.74, 6) is -0.650. The van der Waals surface area contributed by atoms with Crippen molar-refractivity contribution in [1.29, 1.82) is 0 Å². The van der Waals surface area contributed by atoms with E-state index in [1.165, 1.54) is 6.07 Å². The Bertz CT molecular complexity index is 1150. The lowest BCUT2D eigenvalue weighted by molar-refractivity contribution is 0.0943. The van der Waals surface area contributed by atoms with Crippen LogP contribution in [0.4, 0.5) is 4.39 Å². The molecule has 0 spiro atoms. The van der Waals surface area contributed by atoms with Gasteiger partial charge in [0.15, 0.2) is 0 Å². The zero-order valence-corrected chi connectivity index (χ0v) is 16.0. The molecule has 0 fully saturated rings. The fraction of sp³-hybridized carbons (Fsp3) is 0.0833. The van der Waals surface area contributed by atoms with E-state index in [-0.39, 0.29) is 11.7 Å². The number of hydrogen-bond acceptors (Lipinski definition) is 2. The van der Waals surface area contributed by atoms with Crippen molar-refractivity contribution in [2.75, 3.05) is 0 Å². The van der Waals surface area contributed by atoms with Crippen molar-refractivity contribution in [3.05, 3.63) is 108 Å². The molecular formula is C24H20FN3O. The van der Waals surface area contributed by atoms with Crippen molar-refractivity contribution in [1.82, 2.24) is 15.1 Å². The quantitative estimate of drug-likeness (QED) is 0.530. The van der Waals surface area contributed by atoms with Crippen LogP contribution in [0.5, 0.6) is 0 Å². The van der Waals surface area contributed by atoms with Gasteiger partial charge in [0.25, 0.3) is 5.91 Å². The molecule has 0 radical (unpaired) electrons. The molecule has 4 nitrogen and oxygen atoms in total. The van der Waals surface area contributed by atoms with Gasteiger partial charge in [0, 0.05) is 12.1 Å². The van der Waals surface area contributed by atoms with E-state index in [0.29, 0.717) is 23.5 Å². The second kappa shape index (κ2) is 8.10. The molecule has 4 rings (SSSR count). The lowest BCUT2D eigenvalue weighted by Gasteiger charge is -2.09. The lowest BCUT2D eigenvalue weighted by Crippen LogP contribution is -2.25. The molecule has 0 bridgehead atoms. The Kier molecular flexibility index (Phi) is 5.20. The first-order chi connectivity index (χ1) is 14.1. The zero-order valence-electron chi connectivity index (χ0n) is 16.0. The number of hydrogen-bond donors (Lipinski definition) is 1. The number of benzene rings is 3. The van der Waals surface area contributed by atoms with Crippen molar-refractivity contribution in [3.8, 4) is 16.9 Å². The van der Waals surface area contributed by atoms with Crippen molar-refractivity contribution in [2.24, 2.45) is 0 Å². The van der Waals surface area contributed by atoms with Crippen LogP contribution in [0.2, 0.25) is 0 Å². The Balaban J connectivity index is 1.72. The standard InChI is InChI=1S/C24H20FN3O/c1-17-8-7-11-19(14-17)28-23(24(29)26-16-18-9-3-2-4-10-18)15-22(27-28)20-12-5-6-13-21(20)25/h2-15H,16H2,1H3,(H,26,29). The molecule has 1 amide bonds. The van der Waals surface area contributed by atoms with E-state index in [2.05, 4.69) is 10.4 Å². The molecule has 0 aliphatic heterocycles. The molecule has 0 unspecified atom stereocenters. The normalized spacial score (nSPS) is 10.7. The van der Waals surface area contributed by atoms with Crippen LogP contribution in [0, 0.1) is 12.7 Å². The van der Waals surface area contributed by atoms with Crippen molar-refractivity contribution in [2.45, 2.75) is 13.5 Å². The topological polar surface area (TPSA) is 46.9 Å². The van der Waals surface area contributed by atoms with Crippen molar-refractivity contribution in [3.63, 3.8) is 0 Å². The van der Waals surface area contributed by atoms with Gasteiger partial charge in [-0.25, -0.2) is 9.07 Å². The van der Waals surface area contributed by atoms with E-state index < -0.39 is 0 Å². The molecule has 0 aliphatic rings. The highest BCUT2D eigenvalue weighted by Gasteiger charge is 2.19. The number of nitrogens with one attached hydrogen (secondary N) is 1. The van der Waals surface area contributed by atoms with Gasteiger partial charge in [-0.3, -0.25) is 4.79 Å². The molecule has 0 saturated carbocycles. The third kappa shape index (κ3) is 4.09. The molecule has 0 saturated heterocycles. The number of halogens is 1. The van der Waals surface area contributed by atoms with Crippen LogP contribution in [-0.4, -0.2) is 15.7 Å². The van der Waals surface area contributed by atoms with Crippen LogP contribution < -0.4 is 5.32 Å². The fourth-order valence-corrected chi connectivity index (χ4v) is 3.17. The highest BCUT2D eigenvalue weighted by Crippen LogP contribution is 2.24. The largest absolute Gasteiger partial charge is 0.347 e. The summed E-state index contributed by atoms with van der Waals surface area (Å²) in [5.41, 5.74) is 3.91. The minimum Gasteiger partial charge on any atom is -0.347 e. The Morgan fingerprint density at radius 1 is 0.966 bits per heavy atom. The van der Waals surface area contributed by atoms with Gasteiger partial charge in [-0.15, -0.1) is 0 Å². The zero-order chi connectivity index (χ0) is 20.2. The lowest BCUT2D eigenvalue weighted by atomic mass is 10.1. The average molecular weight is 385 g/mol. The number of carbonyl (C=O) groups is 1. The maximum absolute atomic E-state index is 14.3. The number of carbonyl (C=O) groups excluding carboxylic acids is 1. The third-order valence-corrected chi connectivity index (χ3v) is 4.63. The Morgan fingerprint density at radius 3 is 2.48 bits per heavy atom. The highest BCUT2D eigenvalue weighted by atomic mass is 19.1. The molecule has 1 N–H and O–H groups in total. The van der Waals surface area contributed by atoms with Crippen molar-refractivity contribution < 1.29 is 9.18 Å². The molecule has 0 atom stereocenters. The van der Waals surface area contributed by atoms with Crippen LogP contribution in [0.25, 0.3) is 16.9 Å². The van der Waals surface area contributed by atoms with Gasteiger partial charge in [-0.1, -0.05) is 54.6 Å². The summed E-state index contributed by atoms with van der Waals surface area (Å²) in [4.78, 5) is 13.0. The third-order valence-electron chi connectivity index (χ3n) is 4.63. The predicted molar refractivity (Wildman–Crippen MR) is 111 cm³/mol. The summed E-state index contributed by atoms with van der Waals surface area (Å²) < 4.78 is 15.9. The van der Waals surface area contributed by atoms with Crippen LogP contribution >= 0.6 is 0 Å². The minimum absolute atomic E-state index is 0.273. The molecular weight excluding hydrogens is 365 g/mol. The number of nitrogens with zero attached hydrogens (tertiary/aromatic N) is 2. The molecule has 3 aromatic carbocycles. The summed E-state index contributed by atoms with van der Waals surface area (Å²) in [5, 5.41) is 7.47. The second-order valence-corrected chi connectivity index (χ2v) is 6.81. The summed E-state index contributed by atoms with van der Waals surface area (Å²) >= 11 is 0. The molecule has 29 heavy (non-hydrogen) atoms. The van der Waals surface area contributed by atoms with Gasteiger partial charge in [0.05, 0.1) is 11.4 Å². The van der Waals surface area contributed by atoms with E-state index in [0.717, 1.165) is 16.8 Å². The maximum atomic E-state index is 14.3. The Hall–Kier alpha value is -3.73. The first kappa shape index (κ1) is 18.6. The number of rotatable bonds is 5. The van der Waals surface area contributed by atoms with Gasteiger partial charge in [-0.2, -0.15) is 5.10 Å². The van der Waals surface area contributed by atoms with E-state index in [1.807, 2.05) is 61.5 Å². The molecule has 1 aromatic heterocycles.